The first-order valence-corrected chi connectivity index (χ1v) is 7.24. The molecule has 0 amide bonds. The molecule has 0 radical (unpaired) electrons. The molecule has 1 heterocycles. The Bertz CT molecular complexity index is 679. The van der Waals surface area contributed by atoms with Crippen molar-refractivity contribution in [2.75, 3.05) is 5.75 Å². The minimum atomic E-state index is -0.833. The quantitative estimate of drug-likeness (QED) is 0.879. The molecule has 2 aromatic carbocycles. The van der Waals surface area contributed by atoms with Gasteiger partial charge in [0.1, 0.15) is 0 Å². The predicted molar refractivity (Wildman–Crippen MR) is 77.4 cm³/mol. The average Bonchev–Trinajstić information content (AvgIpc) is 2.90. The van der Waals surface area contributed by atoms with E-state index in [1.807, 2.05) is 24.3 Å². The van der Waals surface area contributed by atoms with E-state index in [9.17, 15) is 14.7 Å². The second-order valence-corrected chi connectivity index (χ2v) is 5.71. The normalized spacial score (nSPS) is 16.7. The van der Waals surface area contributed by atoms with E-state index in [0.29, 0.717) is 16.9 Å². The number of thioether (sulfide) groups is 1. The first kappa shape index (κ1) is 12.9. The van der Waals surface area contributed by atoms with Crippen molar-refractivity contribution in [1.29, 1.82) is 0 Å². The molecule has 3 nitrogen and oxygen atoms in total. The van der Waals surface area contributed by atoms with Crippen LogP contribution in [0.4, 0.5) is 0 Å². The van der Waals surface area contributed by atoms with E-state index < -0.39 is 11.9 Å². The number of carbonyl (C=O) groups is 2. The molecular weight excluding hydrogens is 272 g/mol. The van der Waals surface area contributed by atoms with Crippen LogP contribution in [0.25, 0.3) is 0 Å². The largest absolute Gasteiger partial charge is 0.481 e. The van der Waals surface area contributed by atoms with Gasteiger partial charge in [-0.25, -0.2) is 0 Å². The van der Waals surface area contributed by atoms with Crippen molar-refractivity contribution in [2.45, 2.75) is 10.8 Å². The summed E-state index contributed by atoms with van der Waals surface area (Å²) in [5.41, 5.74) is 1.91. The summed E-state index contributed by atoms with van der Waals surface area (Å²) in [6.45, 7) is 0. The maximum atomic E-state index is 12.4. The van der Waals surface area contributed by atoms with E-state index in [-0.39, 0.29) is 5.78 Å². The third kappa shape index (κ3) is 2.23. The fourth-order valence-electron chi connectivity index (χ4n) is 2.32. The zero-order valence-corrected chi connectivity index (χ0v) is 11.4. The van der Waals surface area contributed by atoms with E-state index in [4.69, 9.17) is 0 Å². The number of hydrogen-bond donors (Lipinski definition) is 1. The minimum Gasteiger partial charge on any atom is -0.481 e. The fraction of sp³-hybridized carbons (Fsp3) is 0.125. The lowest BCUT2D eigenvalue weighted by molar-refractivity contribution is -0.138. The van der Waals surface area contributed by atoms with Gasteiger partial charge >= 0.3 is 5.97 Å². The number of carboxylic acids is 1. The Balaban J connectivity index is 1.99. The number of fused-ring (bicyclic) bond motifs is 1. The summed E-state index contributed by atoms with van der Waals surface area (Å²) in [5, 5.41) is 9.21. The number of hydrogen-bond acceptors (Lipinski definition) is 3. The summed E-state index contributed by atoms with van der Waals surface area (Å²) in [6.07, 6.45) is 0. The highest BCUT2D eigenvalue weighted by Gasteiger charge is 2.29. The Morgan fingerprint density at radius 3 is 2.50 bits per heavy atom. The molecule has 0 aromatic heterocycles. The molecule has 1 aliphatic heterocycles. The van der Waals surface area contributed by atoms with Gasteiger partial charge in [0, 0.05) is 21.8 Å². The van der Waals surface area contributed by atoms with E-state index in [0.717, 1.165) is 10.5 Å². The van der Waals surface area contributed by atoms with Crippen molar-refractivity contribution in [2.24, 2.45) is 0 Å². The predicted octanol–water partition coefficient (Wildman–Crippen LogP) is 3.19. The molecular formula is C16H12O3S. The van der Waals surface area contributed by atoms with Crippen LogP contribution < -0.4 is 0 Å². The SMILES string of the molecule is O=C(c1ccccc1)c1ccc2c(c1)[C@H](C(=O)O)CS2. The van der Waals surface area contributed by atoms with Gasteiger partial charge in [0.2, 0.25) is 0 Å². The number of benzene rings is 2. The van der Waals surface area contributed by atoms with Gasteiger partial charge in [0.15, 0.2) is 5.78 Å². The molecule has 0 saturated carbocycles. The summed E-state index contributed by atoms with van der Waals surface area (Å²) in [7, 11) is 0. The summed E-state index contributed by atoms with van der Waals surface area (Å²) in [6, 6.07) is 14.4. The van der Waals surface area contributed by atoms with E-state index >= 15 is 0 Å². The highest BCUT2D eigenvalue weighted by Crippen LogP contribution is 2.40. The van der Waals surface area contributed by atoms with Crippen LogP contribution in [-0.4, -0.2) is 22.6 Å². The zero-order chi connectivity index (χ0) is 14.1. The first-order chi connectivity index (χ1) is 9.66. The monoisotopic (exact) mass is 284 g/mol. The van der Waals surface area contributed by atoms with Crippen molar-refractivity contribution < 1.29 is 14.7 Å². The molecule has 0 spiro atoms. The van der Waals surface area contributed by atoms with Crippen LogP contribution in [0.3, 0.4) is 0 Å². The maximum Gasteiger partial charge on any atom is 0.311 e. The van der Waals surface area contributed by atoms with Crippen LogP contribution in [0.1, 0.15) is 27.4 Å². The standard InChI is InChI=1S/C16H12O3S/c17-15(10-4-2-1-3-5-10)11-6-7-14-12(8-11)13(9-20-14)16(18)19/h1-8,13H,9H2,(H,18,19)/t13-/m1/s1. The highest BCUT2D eigenvalue weighted by molar-refractivity contribution is 7.99. The van der Waals surface area contributed by atoms with Crippen molar-refractivity contribution in [3.63, 3.8) is 0 Å². The molecule has 0 saturated heterocycles. The lowest BCUT2D eigenvalue weighted by Gasteiger charge is -2.07. The molecule has 0 unspecified atom stereocenters. The van der Waals surface area contributed by atoms with Gasteiger partial charge in [-0.1, -0.05) is 30.3 Å². The Labute approximate surface area is 120 Å². The Morgan fingerprint density at radius 2 is 1.80 bits per heavy atom. The number of ketones is 1. The van der Waals surface area contributed by atoms with Gasteiger partial charge in [0.05, 0.1) is 5.92 Å². The van der Waals surface area contributed by atoms with Crippen LogP contribution in [0.2, 0.25) is 0 Å². The third-order valence-corrected chi connectivity index (χ3v) is 4.57. The molecule has 100 valence electrons. The van der Waals surface area contributed by atoms with Gasteiger partial charge in [-0.05, 0) is 23.8 Å². The minimum absolute atomic E-state index is 0.0746. The molecule has 1 atom stereocenters. The molecule has 0 aliphatic carbocycles. The molecule has 4 heteroatoms. The number of carbonyl (C=O) groups excluding carboxylic acids is 1. The van der Waals surface area contributed by atoms with Gasteiger partial charge in [0.25, 0.3) is 0 Å². The van der Waals surface area contributed by atoms with E-state index in [1.54, 1.807) is 24.3 Å². The van der Waals surface area contributed by atoms with Crippen LogP contribution in [0.15, 0.2) is 53.4 Å². The van der Waals surface area contributed by atoms with Crippen molar-refractivity contribution in [3.05, 3.63) is 65.2 Å². The Hall–Kier alpha value is -2.07. The topological polar surface area (TPSA) is 54.4 Å². The summed E-state index contributed by atoms with van der Waals surface area (Å²) in [5.74, 6) is -0.887. The molecule has 1 aliphatic rings. The number of aliphatic carboxylic acids is 1. The third-order valence-electron chi connectivity index (χ3n) is 3.39. The van der Waals surface area contributed by atoms with Crippen LogP contribution in [0, 0.1) is 0 Å². The van der Waals surface area contributed by atoms with Crippen LogP contribution in [-0.2, 0) is 4.79 Å². The Morgan fingerprint density at radius 1 is 1.05 bits per heavy atom. The molecule has 0 bridgehead atoms. The second-order valence-electron chi connectivity index (χ2n) is 4.65. The summed E-state index contributed by atoms with van der Waals surface area (Å²) >= 11 is 1.53. The lowest BCUT2D eigenvalue weighted by Crippen LogP contribution is -2.11. The molecule has 3 rings (SSSR count). The summed E-state index contributed by atoms with van der Waals surface area (Å²) < 4.78 is 0. The van der Waals surface area contributed by atoms with Crippen molar-refractivity contribution in [3.8, 4) is 0 Å². The molecule has 2 aromatic rings. The van der Waals surface area contributed by atoms with Gasteiger partial charge in [-0.2, -0.15) is 0 Å². The summed E-state index contributed by atoms with van der Waals surface area (Å²) in [4.78, 5) is 24.5. The van der Waals surface area contributed by atoms with Gasteiger partial charge < -0.3 is 5.11 Å². The second kappa shape index (κ2) is 5.13. The van der Waals surface area contributed by atoms with Crippen LogP contribution >= 0.6 is 11.8 Å². The lowest BCUT2D eigenvalue weighted by atomic mass is 9.96. The van der Waals surface area contributed by atoms with Gasteiger partial charge in [-0.15, -0.1) is 11.8 Å². The maximum absolute atomic E-state index is 12.4. The number of carboxylic acid groups (broad SMARTS) is 1. The first-order valence-electron chi connectivity index (χ1n) is 6.26. The average molecular weight is 284 g/mol. The van der Waals surface area contributed by atoms with E-state index in [2.05, 4.69) is 0 Å². The molecule has 1 N–H and O–H groups in total. The number of rotatable bonds is 3. The van der Waals surface area contributed by atoms with Crippen molar-refractivity contribution >= 4 is 23.5 Å². The molecule has 20 heavy (non-hydrogen) atoms. The fourth-order valence-corrected chi connectivity index (χ4v) is 3.52. The van der Waals surface area contributed by atoms with Gasteiger partial charge in [-0.3, -0.25) is 9.59 Å². The Kier molecular flexibility index (Phi) is 3.32. The highest BCUT2D eigenvalue weighted by atomic mass is 32.2. The smallest absolute Gasteiger partial charge is 0.311 e. The van der Waals surface area contributed by atoms with E-state index in [1.165, 1.54) is 11.8 Å². The molecule has 0 fully saturated rings. The zero-order valence-electron chi connectivity index (χ0n) is 10.6. The van der Waals surface area contributed by atoms with Crippen LogP contribution in [0.5, 0.6) is 0 Å². The van der Waals surface area contributed by atoms with Crippen molar-refractivity contribution in [1.82, 2.24) is 0 Å².